The molecule has 0 aliphatic heterocycles. The van der Waals surface area contributed by atoms with Crippen molar-refractivity contribution in [2.24, 2.45) is 5.92 Å². The molecule has 112 valence electrons. The molecule has 1 aromatic rings. The number of nitrogens with zero attached hydrogens (tertiary/aromatic N) is 2. The van der Waals surface area contributed by atoms with Crippen LogP contribution in [0.3, 0.4) is 0 Å². The normalized spacial score (nSPS) is 16.8. The van der Waals surface area contributed by atoms with Crippen molar-refractivity contribution in [2.45, 2.75) is 37.5 Å². The number of rotatable bonds is 6. The van der Waals surface area contributed by atoms with Crippen molar-refractivity contribution in [1.82, 2.24) is 9.29 Å². The first-order valence-electron chi connectivity index (χ1n) is 7.20. The highest BCUT2D eigenvalue weighted by Crippen LogP contribution is 2.28. The number of anilines is 1. The second kappa shape index (κ2) is 6.54. The van der Waals surface area contributed by atoms with Crippen LogP contribution in [0.2, 0.25) is 0 Å². The van der Waals surface area contributed by atoms with Gasteiger partial charge in [-0.05, 0) is 31.7 Å². The molecule has 0 amide bonds. The molecular formula is C14H23N3O2S. The molecule has 1 saturated carbocycles. The fourth-order valence-corrected chi connectivity index (χ4v) is 4.10. The van der Waals surface area contributed by atoms with Crippen LogP contribution < -0.4 is 5.32 Å². The van der Waals surface area contributed by atoms with E-state index in [0.717, 1.165) is 12.8 Å². The summed E-state index contributed by atoms with van der Waals surface area (Å²) >= 11 is 0. The van der Waals surface area contributed by atoms with Gasteiger partial charge in [-0.25, -0.2) is 12.7 Å². The fraction of sp³-hybridized carbons (Fsp3) is 0.643. The fourth-order valence-electron chi connectivity index (χ4n) is 2.74. The minimum absolute atomic E-state index is 0.266. The first-order chi connectivity index (χ1) is 9.55. The standard InChI is InChI=1S/C14H23N3O2S/c1-3-16-13-8-9-15-10-14(13)20(18,19)17(2)11-12-6-4-5-7-12/h8-10,12H,3-7,11H2,1-2H3,(H,15,16). The van der Waals surface area contributed by atoms with Gasteiger partial charge in [-0.3, -0.25) is 4.98 Å². The van der Waals surface area contributed by atoms with E-state index in [-0.39, 0.29) is 4.90 Å². The number of aromatic nitrogens is 1. The molecule has 2 rings (SSSR count). The minimum atomic E-state index is -3.47. The summed E-state index contributed by atoms with van der Waals surface area (Å²) < 4.78 is 26.8. The van der Waals surface area contributed by atoms with Crippen LogP contribution in [-0.4, -0.2) is 37.8 Å². The largest absolute Gasteiger partial charge is 0.384 e. The van der Waals surface area contributed by atoms with Gasteiger partial charge in [-0.15, -0.1) is 0 Å². The van der Waals surface area contributed by atoms with Crippen LogP contribution in [0.1, 0.15) is 32.6 Å². The Labute approximate surface area is 121 Å². The molecule has 1 aromatic heterocycles. The van der Waals surface area contributed by atoms with E-state index in [2.05, 4.69) is 10.3 Å². The summed E-state index contributed by atoms with van der Waals surface area (Å²) in [6.45, 7) is 3.22. The van der Waals surface area contributed by atoms with Crippen molar-refractivity contribution in [3.05, 3.63) is 18.5 Å². The predicted octanol–water partition coefficient (Wildman–Crippen LogP) is 2.32. The first-order valence-corrected chi connectivity index (χ1v) is 8.64. The zero-order chi connectivity index (χ0) is 14.6. The predicted molar refractivity (Wildman–Crippen MR) is 80.2 cm³/mol. The van der Waals surface area contributed by atoms with Gasteiger partial charge in [-0.1, -0.05) is 12.8 Å². The summed E-state index contributed by atoms with van der Waals surface area (Å²) in [5, 5.41) is 3.08. The van der Waals surface area contributed by atoms with Crippen LogP contribution in [0, 0.1) is 5.92 Å². The highest BCUT2D eigenvalue weighted by Gasteiger charge is 2.27. The van der Waals surface area contributed by atoms with E-state index in [1.807, 2.05) is 6.92 Å². The summed E-state index contributed by atoms with van der Waals surface area (Å²) in [7, 11) is -1.81. The molecule has 0 radical (unpaired) electrons. The van der Waals surface area contributed by atoms with E-state index in [1.54, 1.807) is 19.3 Å². The second-order valence-corrected chi connectivity index (χ2v) is 7.35. The van der Waals surface area contributed by atoms with Crippen LogP contribution in [0.25, 0.3) is 0 Å². The number of nitrogens with one attached hydrogen (secondary N) is 1. The lowest BCUT2D eigenvalue weighted by Gasteiger charge is -2.22. The van der Waals surface area contributed by atoms with Gasteiger partial charge in [0.15, 0.2) is 0 Å². The number of hydrogen-bond donors (Lipinski definition) is 1. The summed E-state index contributed by atoms with van der Waals surface area (Å²) in [6, 6.07) is 1.71. The summed E-state index contributed by atoms with van der Waals surface area (Å²) in [5.74, 6) is 0.494. The second-order valence-electron chi connectivity index (χ2n) is 5.34. The lowest BCUT2D eigenvalue weighted by molar-refractivity contribution is 0.387. The molecule has 0 bridgehead atoms. The zero-order valence-electron chi connectivity index (χ0n) is 12.2. The molecule has 20 heavy (non-hydrogen) atoms. The molecule has 5 nitrogen and oxygen atoms in total. The maximum atomic E-state index is 12.7. The molecule has 0 atom stereocenters. The molecule has 0 unspecified atom stereocenters. The van der Waals surface area contributed by atoms with E-state index in [4.69, 9.17) is 0 Å². The Balaban J connectivity index is 2.20. The average molecular weight is 297 g/mol. The Morgan fingerprint density at radius 3 is 2.75 bits per heavy atom. The highest BCUT2D eigenvalue weighted by molar-refractivity contribution is 7.89. The summed E-state index contributed by atoms with van der Waals surface area (Å²) in [6.07, 6.45) is 7.73. The van der Waals surface area contributed by atoms with Gasteiger partial charge >= 0.3 is 0 Å². The Morgan fingerprint density at radius 2 is 2.10 bits per heavy atom. The lowest BCUT2D eigenvalue weighted by atomic mass is 10.1. The van der Waals surface area contributed by atoms with Crippen molar-refractivity contribution in [3.8, 4) is 0 Å². The van der Waals surface area contributed by atoms with Crippen molar-refractivity contribution in [3.63, 3.8) is 0 Å². The monoisotopic (exact) mass is 297 g/mol. The Bertz CT molecular complexity index is 539. The first kappa shape index (κ1) is 15.3. The van der Waals surface area contributed by atoms with Gasteiger partial charge < -0.3 is 5.32 Å². The molecular weight excluding hydrogens is 274 g/mol. The van der Waals surface area contributed by atoms with Crippen molar-refractivity contribution >= 4 is 15.7 Å². The number of sulfonamides is 1. The third-order valence-electron chi connectivity index (χ3n) is 3.83. The Hall–Kier alpha value is -1.14. The molecule has 6 heteroatoms. The SMILES string of the molecule is CCNc1ccncc1S(=O)(=O)N(C)CC1CCCC1. The van der Waals surface area contributed by atoms with Crippen LogP contribution >= 0.6 is 0 Å². The minimum Gasteiger partial charge on any atom is -0.384 e. The van der Waals surface area contributed by atoms with E-state index in [0.29, 0.717) is 24.7 Å². The molecule has 1 aliphatic rings. The van der Waals surface area contributed by atoms with E-state index < -0.39 is 10.0 Å². The third kappa shape index (κ3) is 3.30. The summed E-state index contributed by atoms with van der Waals surface area (Å²) in [4.78, 5) is 4.23. The third-order valence-corrected chi connectivity index (χ3v) is 5.68. The molecule has 0 saturated heterocycles. The van der Waals surface area contributed by atoms with Gasteiger partial charge in [0, 0.05) is 32.5 Å². The molecule has 1 aliphatic carbocycles. The maximum absolute atomic E-state index is 12.7. The maximum Gasteiger partial charge on any atom is 0.246 e. The smallest absolute Gasteiger partial charge is 0.246 e. The number of hydrogen-bond acceptors (Lipinski definition) is 4. The van der Waals surface area contributed by atoms with E-state index >= 15 is 0 Å². The Kier molecular flexibility index (Phi) is 4.99. The highest BCUT2D eigenvalue weighted by atomic mass is 32.2. The Morgan fingerprint density at radius 1 is 1.40 bits per heavy atom. The lowest BCUT2D eigenvalue weighted by Crippen LogP contribution is -2.31. The van der Waals surface area contributed by atoms with Gasteiger partial charge in [0.05, 0.1) is 5.69 Å². The molecule has 0 spiro atoms. The van der Waals surface area contributed by atoms with Crippen LogP contribution in [-0.2, 0) is 10.0 Å². The van der Waals surface area contributed by atoms with Gasteiger partial charge in [0.2, 0.25) is 10.0 Å². The van der Waals surface area contributed by atoms with Crippen LogP contribution in [0.5, 0.6) is 0 Å². The molecule has 1 heterocycles. The van der Waals surface area contributed by atoms with Crippen molar-refractivity contribution in [2.75, 3.05) is 25.5 Å². The van der Waals surface area contributed by atoms with Gasteiger partial charge in [0.25, 0.3) is 0 Å². The van der Waals surface area contributed by atoms with Crippen LogP contribution in [0.4, 0.5) is 5.69 Å². The van der Waals surface area contributed by atoms with E-state index in [9.17, 15) is 8.42 Å². The quantitative estimate of drug-likeness (QED) is 0.875. The molecule has 0 aromatic carbocycles. The average Bonchev–Trinajstić information content (AvgIpc) is 2.92. The van der Waals surface area contributed by atoms with Gasteiger partial charge in [-0.2, -0.15) is 0 Å². The summed E-state index contributed by atoms with van der Waals surface area (Å²) in [5.41, 5.74) is 0.626. The number of pyridine rings is 1. The van der Waals surface area contributed by atoms with E-state index in [1.165, 1.54) is 23.3 Å². The zero-order valence-corrected chi connectivity index (χ0v) is 13.0. The molecule has 1 N–H and O–H groups in total. The topological polar surface area (TPSA) is 62.3 Å². The van der Waals surface area contributed by atoms with Gasteiger partial charge in [0.1, 0.15) is 4.90 Å². The van der Waals surface area contributed by atoms with Crippen LogP contribution in [0.15, 0.2) is 23.4 Å². The van der Waals surface area contributed by atoms with Crippen molar-refractivity contribution < 1.29 is 8.42 Å². The molecule has 1 fully saturated rings. The van der Waals surface area contributed by atoms with Crippen molar-refractivity contribution in [1.29, 1.82) is 0 Å².